The summed E-state index contributed by atoms with van der Waals surface area (Å²) in [6.07, 6.45) is 34.2. The first-order valence-electron chi connectivity index (χ1n) is 19.1. The van der Waals surface area contributed by atoms with Crippen LogP contribution in [0.4, 0.5) is 0 Å². The molecular weight excluding hydrogens is 613 g/mol. The highest BCUT2D eigenvalue weighted by molar-refractivity contribution is 7.45. The normalized spacial score (nSPS) is 14.2. The van der Waals surface area contributed by atoms with Crippen molar-refractivity contribution in [2.75, 3.05) is 47.5 Å². The van der Waals surface area contributed by atoms with Crippen molar-refractivity contribution in [3.8, 4) is 0 Å². The third-order valence-electron chi connectivity index (χ3n) is 8.07. The van der Waals surface area contributed by atoms with Crippen LogP contribution < -0.4 is 4.89 Å². The van der Waals surface area contributed by atoms with Crippen LogP contribution in [-0.2, 0) is 27.9 Å². The molecule has 0 aliphatic rings. The molecule has 0 aromatic heterocycles. The second-order valence-electron chi connectivity index (χ2n) is 14.0. The lowest BCUT2D eigenvalue weighted by atomic mass is 10.0. The summed E-state index contributed by atoms with van der Waals surface area (Å²) in [5.74, 6) is -0.367. The Labute approximate surface area is 290 Å². The van der Waals surface area contributed by atoms with E-state index >= 15 is 0 Å². The number of hydrogen-bond donors (Lipinski definition) is 0. The molecule has 0 rings (SSSR count). The zero-order valence-electron chi connectivity index (χ0n) is 31.2. The number of ether oxygens (including phenoxy) is 2. The minimum absolute atomic E-state index is 0.0161. The van der Waals surface area contributed by atoms with E-state index in [4.69, 9.17) is 18.5 Å². The first kappa shape index (κ1) is 45.8. The number of allylic oxidation sites excluding steroid dienone is 3. The number of carbonyl (C=O) groups is 1. The predicted octanol–water partition coefficient (Wildman–Crippen LogP) is 10.2. The predicted molar refractivity (Wildman–Crippen MR) is 194 cm³/mol. The van der Waals surface area contributed by atoms with Crippen LogP contribution in [0.5, 0.6) is 0 Å². The number of rotatable bonds is 35. The molecule has 0 aliphatic carbocycles. The summed E-state index contributed by atoms with van der Waals surface area (Å²) in [5, 5.41) is 0. The number of carbonyl (C=O) groups excluding carboxylic acids is 1. The third kappa shape index (κ3) is 35.9. The summed E-state index contributed by atoms with van der Waals surface area (Å²) in [6, 6.07) is 0. The lowest BCUT2D eigenvalue weighted by Crippen LogP contribution is -2.37. The molecular formula is C38H74NO7P. The largest absolute Gasteiger partial charge is 0.756 e. The molecule has 0 bridgehead atoms. The number of esters is 1. The van der Waals surface area contributed by atoms with Gasteiger partial charge in [0.25, 0.3) is 7.82 Å². The van der Waals surface area contributed by atoms with E-state index in [0.717, 1.165) is 44.9 Å². The number of phosphoric acid groups is 1. The third-order valence-corrected chi connectivity index (χ3v) is 9.03. The Kier molecular flexibility index (Phi) is 31.2. The fourth-order valence-corrected chi connectivity index (χ4v) is 5.75. The van der Waals surface area contributed by atoms with Gasteiger partial charge in [0.05, 0.1) is 34.0 Å². The molecule has 0 aromatic rings. The van der Waals surface area contributed by atoms with Gasteiger partial charge in [-0.3, -0.25) is 9.36 Å². The molecule has 0 radical (unpaired) electrons. The molecule has 0 heterocycles. The summed E-state index contributed by atoms with van der Waals surface area (Å²) in [6.45, 7) is 4.68. The zero-order chi connectivity index (χ0) is 34.9. The minimum atomic E-state index is -4.53. The maximum Gasteiger partial charge on any atom is 0.306 e. The van der Waals surface area contributed by atoms with Gasteiger partial charge in [0, 0.05) is 6.42 Å². The van der Waals surface area contributed by atoms with E-state index in [0.29, 0.717) is 11.0 Å². The first-order valence-corrected chi connectivity index (χ1v) is 20.6. The average Bonchev–Trinajstić information content (AvgIpc) is 3.01. The smallest absolute Gasteiger partial charge is 0.306 e. The number of nitrogens with zero attached hydrogens (tertiary/aromatic N) is 1. The lowest BCUT2D eigenvalue weighted by Gasteiger charge is -2.28. The Balaban J connectivity index is 4.36. The number of hydrogen-bond acceptors (Lipinski definition) is 7. The average molecular weight is 688 g/mol. The molecule has 1 unspecified atom stereocenters. The summed E-state index contributed by atoms with van der Waals surface area (Å²) in [4.78, 5) is 24.8. The van der Waals surface area contributed by atoms with Crippen molar-refractivity contribution in [2.45, 2.75) is 168 Å². The van der Waals surface area contributed by atoms with Crippen molar-refractivity contribution in [1.29, 1.82) is 0 Å². The van der Waals surface area contributed by atoms with Crippen LogP contribution in [0.1, 0.15) is 162 Å². The van der Waals surface area contributed by atoms with Crippen molar-refractivity contribution in [2.24, 2.45) is 0 Å². The molecule has 0 saturated heterocycles. The van der Waals surface area contributed by atoms with Gasteiger partial charge in [-0.2, -0.15) is 0 Å². The van der Waals surface area contributed by atoms with E-state index in [1.807, 2.05) is 27.2 Å². The summed E-state index contributed by atoms with van der Waals surface area (Å²) >= 11 is 0. The molecule has 0 aliphatic heterocycles. The molecule has 9 heteroatoms. The van der Waals surface area contributed by atoms with E-state index < -0.39 is 13.9 Å². The molecule has 47 heavy (non-hydrogen) atoms. The molecule has 2 atom stereocenters. The maximum atomic E-state index is 12.6. The topological polar surface area (TPSA) is 94.1 Å². The van der Waals surface area contributed by atoms with Crippen LogP contribution in [0, 0.1) is 0 Å². The highest BCUT2D eigenvalue weighted by atomic mass is 31.2. The van der Waals surface area contributed by atoms with Gasteiger partial charge in [-0.25, -0.2) is 0 Å². The van der Waals surface area contributed by atoms with Crippen LogP contribution >= 0.6 is 7.82 Å². The van der Waals surface area contributed by atoms with Crippen molar-refractivity contribution in [3.63, 3.8) is 0 Å². The second kappa shape index (κ2) is 32.0. The van der Waals surface area contributed by atoms with Crippen molar-refractivity contribution >= 4 is 13.8 Å². The van der Waals surface area contributed by atoms with Crippen LogP contribution in [-0.4, -0.2) is 64.1 Å². The molecule has 0 saturated carbocycles. The highest BCUT2D eigenvalue weighted by Crippen LogP contribution is 2.38. The Hall–Kier alpha value is -1.18. The Bertz CT molecular complexity index is 812. The van der Waals surface area contributed by atoms with Crippen LogP contribution in [0.3, 0.4) is 0 Å². The summed E-state index contributed by atoms with van der Waals surface area (Å²) < 4.78 is 34.1. The number of quaternary nitrogens is 1. The van der Waals surface area contributed by atoms with Gasteiger partial charge in [-0.05, 0) is 44.6 Å². The Morgan fingerprint density at radius 1 is 0.660 bits per heavy atom. The fraction of sp³-hybridized carbons (Fsp3) is 0.868. The van der Waals surface area contributed by atoms with Crippen LogP contribution in [0.25, 0.3) is 0 Å². The van der Waals surface area contributed by atoms with Crippen molar-refractivity contribution in [3.05, 3.63) is 24.5 Å². The molecule has 0 aromatic carbocycles. The molecule has 0 N–H and O–H groups in total. The lowest BCUT2D eigenvalue weighted by molar-refractivity contribution is -0.870. The van der Waals surface area contributed by atoms with Gasteiger partial charge >= 0.3 is 5.97 Å². The highest BCUT2D eigenvalue weighted by Gasteiger charge is 2.20. The van der Waals surface area contributed by atoms with Gasteiger partial charge < -0.3 is 27.9 Å². The van der Waals surface area contributed by atoms with E-state index in [-0.39, 0.29) is 32.2 Å². The van der Waals surface area contributed by atoms with Gasteiger partial charge in [0.2, 0.25) is 0 Å². The summed E-state index contributed by atoms with van der Waals surface area (Å²) in [7, 11) is 1.32. The minimum Gasteiger partial charge on any atom is -0.756 e. The first-order chi connectivity index (χ1) is 22.6. The van der Waals surface area contributed by atoms with E-state index in [2.05, 4.69) is 26.0 Å². The monoisotopic (exact) mass is 688 g/mol. The number of likely N-dealkylation sites (N-methyl/N-ethyl adjacent to an activating group) is 1. The molecule has 0 spiro atoms. The SMILES string of the molecule is CCCC/C=C\CCCCCCCC(=O)O[C@H](CO/C=C\CCCCCCCCCCCCCC)COP(=O)([O-])OCC[N+](C)(C)C. The van der Waals surface area contributed by atoms with E-state index in [9.17, 15) is 14.3 Å². The second-order valence-corrected chi connectivity index (χ2v) is 15.4. The number of unbranched alkanes of at least 4 members (excludes halogenated alkanes) is 19. The molecule has 0 fully saturated rings. The standard InChI is InChI=1S/C38H74NO7P/c1-6-8-10-12-14-16-18-19-20-22-24-26-28-30-33-43-35-37(36-45-47(41,42)44-34-32-39(3,4)5)46-38(40)31-29-27-25-23-21-17-15-13-11-9-7-2/h13,15,30,33,37H,6-12,14,16-29,31-32,34-36H2,1-5H3/b15-13-,33-30-/t37-/m1/s1. The van der Waals surface area contributed by atoms with Gasteiger partial charge in [-0.1, -0.05) is 129 Å². The van der Waals surface area contributed by atoms with Crippen molar-refractivity contribution < 1.29 is 37.3 Å². The van der Waals surface area contributed by atoms with Gasteiger partial charge in [0.15, 0.2) is 6.10 Å². The Morgan fingerprint density at radius 2 is 1.15 bits per heavy atom. The van der Waals surface area contributed by atoms with Crippen molar-refractivity contribution in [1.82, 2.24) is 0 Å². The maximum absolute atomic E-state index is 12.6. The zero-order valence-corrected chi connectivity index (χ0v) is 32.1. The van der Waals surface area contributed by atoms with Crippen LogP contribution in [0.2, 0.25) is 0 Å². The van der Waals surface area contributed by atoms with E-state index in [1.165, 1.54) is 96.3 Å². The van der Waals surface area contributed by atoms with Gasteiger partial charge in [0.1, 0.15) is 19.8 Å². The van der Waals surface area contributed by atoms with Gasteiger partial charge in [-0.15, -0.1) is 0 Å². The quantitative estimate of drug-likeness (QED) is 0.0163. The molecule has 0 amide bonds. The molecule has 278 valence electrons. The number of phosphoric ester groups is 1. The Morgan fingerprint density at radius 3 is 1.70 bits per heavy atom. The van der Waals surface area contributed by atoms with E-state index in [1.54, 1.807) is 6.26 Å². The summed E-state index contributed by atoms with van der Waals surface area (Å²) in [5.41, 5.74) is 0. The van der Waals surface area contributed by atoms with Crippen LogP contribution in [0.15, 0.2) is 24.5 Å². The fourth-order valence-electron chi connectivity index (χ4n) is 5.02. The molecule has 8 nitrogen and oxygen atoms in total.